The predicted octanol–water partition coefficient (Wildman–Crippen LogP) is 2.36. The summed E-state index contributed by atoms with van der Waals surface area (Å²) in [4.78, 5) is 14.6. The number of carbonyl (C=O) groups excluding carboxylic acids is 1. The zero-order valence-electron chi connectivity index (χ0n) is 16.1. The van der Waals surface area contributed by atoms with Crippen LogP contribution in [0.4, 0.5) is 0 Å². The highest BCUT2D eigenvalue weighted by Crippen LogP contribution is 2.29. The van der Waals surface area contributed by atoms with E-state index in [9.17, 15) is 4.79 Å². The zero-order valence-corrected chi connectivity index (χ0v) is 16.1. The van der Waals surface area contributed by atoms with Crippen LogP contribution in [0, 0.1) is 5.92 Å². The van der Waals surface area contributed by atoms with Crippen molar-refractivity contribution in [2.24, 2.45) is 5.92 Å². The number of aryl methyl sites for hydroxylation is 1. The van der Waals surface area contributed by atoms with Gasteiger partial charge in [0.05, 0.1) is 6.04 Å². The van der Waals surface area contributed by atoms with Gasteiger partial charge in [-0.15, -0.1) is 10.2 Å². The Morgan fingerprint density at radius 3 is 2.78 bits per heavy atom. The Bertz CT molecular complexity index is 768. The third-order valence-electron chi connectivity index (χ3n) is 5.62. The summed E-state index contributed by atoms with van der Waals surface area (Å²) in [5, 5.41) is 11.9. The summed E-state index contributed by atoms with van der Waals surface area (Å²) in [5.41, 5.74) is 1.41. The van der Waals surface area contributed by atoms with Gasteiger partial charge in [-0.1, -0.05) is 30.3 Å². The molecule has 1 aliphatic heterocycles. The number of aromatic nitrogens is 3. The standard InChI is InChI=1S/C21H29N5O/c1-16(22-21(27)18-9-10-18)20-24-23-19-11-13-25(14-15-26(19)20)12-5-8-17-6-3-2-4-7-17/h2-4,6-7,16,18H,5,8-15H2,1H3,(H,22,27). The van der Waals surface area contributed by atoms with Gasteiger partial charge in [-0.2, -0.15) is 0 Å². The van der Waals surface area contributed by atoms with Crippen LogP contribution in [0.2, 0.25) is 0 Å². The molecule has 1 aromatic carbocycles. The highest BCUT2D eigenvalue weighted by atomic mass is 16.2. The number of hydrogen-bond donors (Lipinski definition) is 1. The summed E-state index contributed by atoms with van der Waals surface area (Å²) in [6.07, 6.45) is 5.26. The fourth-order valence-corrected chi connectivity index (χ4v) is 3.83. The summed E-state index contributed by atoms with van der Waals surface area (Å²) >= 11 is 0. The van der Waals surface area contributed by atoms with Gasteiger partial charge in [-0.3, -0.25) is 4.79 Å². The van der Waals surface area contributed by atoms with E-state index in [-0.39, 0.29) is 17.9 Å². The first-order chi connectivity index (χ1) is 13.2. The molecular weight excluding hydrogens is 338 g/mol. The van der Waals surface area contributed by atoms with Gasteiger partial charge in [-0.25, -0.2) is 0 Å². The highest BCUT2D eigenvalue weighted by molar-refractivity contribution is 5.81. The lowest BCUT2D eigenvalue weighted by Gasteiger charge is -2.20. The number of nitrogens with one attached hydrogen (secondary N) is 1. The smallest absolute Gasteiger partial charge is 0.223 e. The van der Waals surface area contributed by atoms with E-state index in [0.29, 0.717) is 0 Å². The molecule has 1 fully saturated rings. The van der Waals surface area contributed by atoms with Crippen molar-refractivity contribution in [2.45, 2.75) is 51.6 Å². The van der Waals surface area contributed by atoms with Crippen LogP contribution in [0.5, 0.6) is 0 Å². The molecule has 0 spiro atoms. The Labute approximate surface area is 161 Å². The number of benzene rings is 1. The van der Waals surface area contributed by atoms with Crippen LogP contribution in [0.1, 0.15) is 49.4 Å². The maximum atomic E-state index is 12.1. The number of rotatable bonds is 7. The number of fused-ring (bicyclic) bond motifs is 1. The van der Waals surface area contributed by atoms with Crippen LogP contribution < -0.4 is 5.32 Å². The van der Waals surface area contributed by atoms with Gasteiger partial charge in [0.1, 0.15) is 5.82 Å². The second-order valence-electron chi connectivity index (χ2n) is 7.81. The van der Waals surface area contributed by atoms with E-state index < -0.39 is 0 Å². The van der Waals surface area contributed by atoms with Crippen molar-refractivity contribution < 1.29 is 4.79 Å². The molecule has 6 nitrogen and oxygen atoms in total. The van der Waals surface area contributed by atoms with Crippen molar-refractivity contribution in [1.29, 1.82) is 0 Å². The number of carbonyl (C=O) groups is 1. The van der Waals surface area contributed by atoms with E-state index in [2.05, 4.69) is 55.3 Å². The van der Waals surface area contributed by atoms with Crippen molar-refractivity contribution in [1.82, 2.24) is 25.0 Å². The molecular formula is C21H29N5O. The van der Waals surface area contributed by atoms with Crippen molar-refractivity contribution in [3.63, 3.8) is 0 Å². The van der Waals surface area contributed by atoms with Crippen LogP contribution in [0.3, 0.4) is 0 Å². The molecule has 0 radical (unpaired) electrons. The first-order valence-corrected chi connectivity index (χ1v) is 10.2. The van der Waals surface area contributed by atoms with Crippen molar-refractivity contribution in [3.05, 3.63) is 47.5 Å². The molecule has 1 N–H and O–H groups in total. The normalized spacial score (nSPS) is 18.6. The minimum Gasteiger partial charge on any atom is -0.346 e. The fraction of sp³-hybridized carbons (Fsp3) is 0.571. The second-order valence-corrected chi connectivity index (χ2v) is 7.81. The molecule has 4 rings (SSSR count). The van der Waals surface area contributed by atoms with Crippen molar-refractivity contribution in [2.75, 3.05) is 19.6 Å². The Hall–Kier alpha value is -2.21. The average Bonchev–Trinajstić information content (AvgIpc) is 3.48. The fourth-order valence-electron chi connectivity index (χ4n) is 3.83. The molecule has 1 aliphatic carbocycles. The molecule has 144 valence electrons. The Morgan fingerprint density at radius 1 is 1.19 bits per heavy atom. The summed E-state index contributed by atoms with van der Waals surface area (Å²) in [6, 6.07) is 10.6. The molecule has 1 atom stereocenters. The molecule has 27 heavy (non-hydrogen) atoms. The number of nitrogens with zero attached hydrogens (tertiary/aromatic N) is 4. The van der Waals surface area contributed by atoms with Crippen LogP contribution >= 0.6 is 0 Å². The maximum Gasteiger partial charge on any atom is 0.223 e. The molecule has 1 saturated carbocycles. The van der Waals surface area contributed by atoms with Gasteiger partial charge in [0.15, 0.2) is 5.82 Å². The van der Waals surface area contributed by atoms with Crippen LogP contribution in [-0.2, 0) is 24.2 Å². The molecule has 1 amide bonds. The van der Waals surface area contributed by atoms with Crippen molar-refractivity contribution >= 4 is 5.91 Å². The van der Waals surface area contributed by atoms with Gasteiger partial charge < -0.3 is 14.8 Å². The van der Waals surface area contributed by atoms with Crippen LogP contribution in [0.15, 0.2) is 30.3 Å². The molecule has 0 saturated heterocycles. The SMILES string of the molecule is CC(NC(=O)C1CC1)c1nnc2n1CCN(CCCc1ccccc1)CC2. The number of hydrogen-bond acceptors (Lipinski definition) is 4. The Kier molecular flexibility index (Phi) is 5.53. The average molecular weight is 367 g/mol. The third-order valence-corrected chi connectivity index (χ3v) is 5.62. The van der Waals surface area contributed by atoms with E-state index in [1.165, 1.54) is 12.0 Å². The van der Waals surface area contributed by atoms with Gasteiger partial charge in [0.2, 0.25) is 5.91 Å². The van der Waals surface area contributed by atoms with Gasteiger partial charge in [-0.05, 0) is 44.7 Å². The van der Waals surface area contributed by atoms with E-state index in [4.69, 9.17) is 0 Å². The first kappa shape index (κ1) is 18.2. The molecule has 2 aromatic rings. The molecule has 2 aliphatic rings. The molecule has 1 aromatic heterocycles. The van der Waals surface area contributed by atoms with E-state index in [0.717, 1.165) is 63.5 Å². The predicted molar refractivity (Wildman–Crippen MR) is 104 cm³/mol. The maximum absolute atomic E-state index is 12.1. The van der Waals surface area contributed by atoms with E-state index >= 15 is 0 Å². The Morgan fingerprint density at radius 2 is 2.00 bits per heavy atom. The lowest BCUT2D eigenvalue weighted by Crippen LogP contribution is -2.31. The molecule has 6 heteroatoms. The number of amides is 1. The Balaban J connectivity index is 1.30. The zero-order chi connectivity index (χ0) is 18.6. The lowest BCUT2D eigenvalue weighted by molar-refractivity contribution is -0.123. The minimum atomic E-state index is -0.0796. The summed E-state index contributed by atoms with van der Waals surface area (Å²) in [7, 11) is 0. The van der Waals surface area contributed by atoms with Gasteiger partial charge >= 0.3 is 0 Å². The largest absolute Gasteiger partial charge is 0.346 e. The van der Waals surface area contributed by atoms with Crippen LogP contribution in [-0.4, -0.2) is 45.2 Å². The topological polar surface area (TPSA) is 63.1 Å². The van der Waals surface area contributed by atoms with Gasteiger partial charge in [0.25, 0.3) is 0 Å². The summed E-state index contributed by atoms with van der Waals surface area (Å²) < 4.78 is 2.22. The summed E-state index contributed by atoms with van der Waals surface area (Å²) in [6.45, 7) is 6.05. The van der Waals surface area contributed by atoms with E-state index in [1.54, 1.807) is 0 Å². The molecule has 1 unspecified atom stereocenters. The quantitative estimate of drug-likeness (QED) is 0.816. The van der Waals surface area contributed by atoms with Crippen molar-refractivity contribution in [3.8, 4) is 0 Å². The van der Waals surface area contributed by atoms with Crippen LogP contribution in [0.25, 0.3) is 0 Å². The van der Waals surface area contributed by atoms with Gasteiger partial charge in [0, 0.05) is 32.0 Å². The van der Waals surface area contributed by atoms with E-state index in [1.807, 2.05) is 6.92 Å². The molecule has 2 heterocycles. The first-order valence-electron chi connectivity index (χ1n) is 10.2. The highest BCUT2D eigenvalue weighted by Gasteiger charge is 2.31. The lowest BCUT2D eigenvalue weighted by atomic mass is 10.1. The minimum absolute atomic E-state index is 0.0796. The second kappa shape index (κ2) is 8.21. The summed E-state index contributed by atoms with van der Waals surface area (Å²) in [5.74, 6) is 2.32. The molecule has 0 bridgehead atoms. The monoisotopic (exact) mass is 367 g/mol. The third kappa shape index (κ3) is 4.56.